The molecule has 0 aliphatic carbocycles. The molecule has 1 amide bonds. The van der Waals surface area contributed by atoms with Crippen LogP contribution in [0.25, 0.3) is 11.7 Å². The van der Waals surface area contributed by atoms with Gasteiger partial charge in [-0.2, -0.15) is 0 Å². The lowest BCUT2D eigenvalue weighted by Crippen LogP contribution is -2.23. The zero-order valence-corrected chi connectivity index (χ0v) is 14.9. The molecule has 0 spiro atoms. The summed E-state index contributed by atoms with van der Waals surface area (Å²) in [5, 5.41) is 2.84. The number of nitrogens with one attached hydrogen (secondary N) is 1. The predicted octanol–water partition coefficient (Wildman–Crippen LogP) is 3.97. The molecule has 134 valence electrons. The summed E-state index contributed by atoms with van der Waals surface area (Å²) in [6, 6.07) is 11.2. The molecule has 2 heterocycles. The lowest BCUT2D eigenvalue weighted by molar-refractivity contribution is -0.116. The summed E-state index contributed by atoms with van der Waals surface area (Å²) in [5.41, 5.74) is 3.77. The fourth-order valence-corrected chi connectivity index (χ4v) is 2.67. The third kappa shape index (κ3) is 4.57. The summed E-state index contributed by atoms with van der Waals surface area (Å²) in [7, 11) is 0. The van der Waals surface area contributed by atoms with Gasteiger partial charge in [0, 0.05) is 31.4 Å². The van der Waals surface area contributed by atoms with Crippen molar-refractivity contribution in [2.45, 2.75) is 26.2 Å². The van der Waals surface area contributed by atoms with Gasteiger partial charge in [-0.1, -0.05) is 38.1 Å². The molecule has 0 unspecified atom stereocenters. The Kier molecular flexibility index (Phi) is 5.46. The molecule has 0 bridgehead atoms. The van der Waals surface area contributed by atoms with E-state index in [4.69, 9.17) is 0 Å². The highest BCUT2D eigenvalue weighted by Crippen LogP contribution is 2.15. The number of halogens is 1. The predicted molar refractivity (Wildman–Crippen MR) is 101 cm³/mol. The highest BCUT2D eigenvalue weighted by molar-refractivity contribution is 5.91. The highest BCUT2D eigenvalue weighted by Gasteiger charge is 2.03. The molecule has 5 heteroatoms. The highest BCUT2D eigenvalue weighted by atomic mass is 19.1. The van der Waals surface area contributed by atoms with E-state index in [1.807, 2.05) is 12.1 Å². The maximum absolute atomic E-state index is 13.2. The Bertz CT molecular complexity index is 926. The second-order valence-electron chi connectivity index (χ2n) is 6.54. The average molecular weight is 351 g/mol. The first-order chi connectivity index (χ1) is 12.5. The number of carbonyl (C=O) groups excluding carboxylic acids is 1. The van der Waals surface area contributed by atoms with E-state index in [0.29, 0.717) is 24.5 Å². The van der Waals surface area contributed by atoms with Gasteiger partial charge in [0.15, 0.2) is 0 Å². The Morgan fingerprint density at radius 3 is 2.69 bits per heavy atom. The van der Waals surface area contributed by atoms with Gasteiger partial charge in [-0.3, -0.25) is 4.79 Å². The number of pyridine rings is 1. The van der Waals surface area contributed by atoms with Gasteiger partial charge in [0.05, 0.1) is 5.69 Å². The van der Waals surface area contributed by atoms with E-state index in [1.54, 1.807) is 22.7 Å². The Balaban J connectivity index is 1.50. The van der Waals surface area contributed by atoms with Crippen LogP contribution >= 0.6 is 0 Å². The topological polar surface area (TPSA) is 46.4 Å². The number of hydrogen-bond donors (Lipinski definition) is 1. The molecule has 0 aliphatic heterocycles. The maximum atomic E-state index is 13.2. The van der Waals surface area contributed by atoms with Gasteiger partial charge in [0.2, 0.25) is 5.91 Å². The molecule has 0 saturated carbocycles. The third-order valence-electron chi connectivity index (χ3n) is 4.18. The molecular formula is C21H22FN3O. The fraction of sp³-hybridized carbons (Fsp3) is 0.238. The van der Waals surface area contributed by atoms with Crippen LogP contribution in [0.2, 0.25) is 0 Å². The first-order valence-corrected chi connectivity index (χ1v) is 8.70. The Morgan fingerprint density at radius 2 is 1.96 bits per heavy atom. The molecule has 0 saturated heterocycles. The van der Waals surface area contributed by atoms with Gasteiger partial charge in [-0.25, -0.2) is 9.37 Å². The van der Waals surface area contributed by atoms with Crippen LogP contribution in [-0.4, -0.2) is 21.8 Å². The minimum atomic E-state index is -0.304. The van der Waals surface area contributed by atoms with Crippen molar-refractivity contribution in [3.8, 4) is 0 Å². The van der Waals surface area contributed by atoms with Crippen molar-refractivity contribution in [2.24, 2.45) is 0 Å². The standard InChI is InChI=1S/C21H22FN3O/c1-15(2)17-6-3-16(4-7-17)5-10-21(26)23-12-11-19-14-25-13-18(22)8-9-20(25)24-19/h3-10,13-15H,11-12H2,1-2H3,(H,23,26)/b10-5+. The number of aromatic nitrogens is 2. The number of hydrogen-bond acceptors (Lipinski definition) is 2. The van der Waals surface area contributed by atoms with E-state index in [1.165, 1.54) is 23.9 Å². The second kappa shape index (κ2) is 7.95. The molecule has 0 radical (unpaired) electrons. The first-order valence-electron chi connectivity index (χ1n) is 8.70. The quantitative estimate of drug-likeness (QED) is 0.683. The second-order valence-corrected chi connectivity index (χ2v) is 6.54. The van der Waals surface area contributed by atoms with E-state index >= 15 is 0 Å². The van der Waals surface area contributed by atoms with Gasteiger partial charge in [-0.05, 0) is 35.3 Å². The van der Waals surface area contributed by atoms with E-state index in [9.17, 15) is 9.18 Å². The van der Waals surface area contributed by atoms with Gasteiger partial charge < -0.3 is 9.72 Å². The van der Waals surface area contributed by atoms with Crippen molar-refractivity contribution < 1.29 is 9.18 Å². The Labute approximate surface area is 152 Å². The van der Waals surface area contributed by atoms with Crippen LogP contribution in [0, 0.1) is 5.82 Å². The van der Waals surface area contributed by atoms with Crippen molar-refractivity contribution in [1.29, 1.82) is 0 Å². The summed E-state index contributed by atoms with van der Waals surface area (Å²) < 4.78 is 14.8. The zero-order chi connectivity index (χ0) is 18.5. The number of nitrogens with zero attached hydrogens (tertiary/aromatic N) is 2. The maximum Gasteiger partial charge on any atom is 0.244 e. The van der Waals surface area contributed by atoms with E-state index in [2.05, 4.69) is 36.3 Å². The number of imidazole rings is 1. The summed E-state index contributed by atoms with van der Waals surface area (Å²) in [6.45, 7) is 4.78. The molecule has 3 aromatic rings. The number of rotatable bonds is 6. The summed E-state index contributed by atoms with van der Waals surface area (Å²) in [6.07, 6.45) is 7.08. The number of amides is 1. The summed E-state index contributed by atoms with van der Waals surface area (Å²) >= 11 is 0. The smallest absolute Gasteiger partial charge is 0.244 e. The molecule has 3 rings (SSSR count). The molecule has 2 aromatic heterocycles. The van der Waals surface area contributed by atoms with Gasteiger partial charge in [0.25, 0.3) is 0 Å². The van der Waals surface area contributed by atoms with Crippen molar-refractivity contribution in [3.63, 3.8) is 0 Å². The first kappa shape index (κ1) is 17.9. The third-order valence-corrected chi connectivity index (χ3v) is 4.18. The normalized spacial score (nSPS) is 11.5. The molecule has 1 N–H and O–H groups in total. The van der Waals surface area contributed by atoms with Crippen LogP contribution in [0.4, 0.5) is 4.39 Å². The van der Waals surface area contributed by atoms with Crippen molar-refractivity contribution in [3.05, 3.63) is 77.5 Å². The van der Waals surface area contributed by atoms with Crippen LogP contribution in [0.1, 0.15) is 36.6 Å². The summed E-state index contributed by atoms with van der Waals surface area (Å²) in [5.74, 6) is 0.0430. The lowest BCUT2D eigenvalue weighted by atomic mass is 10.0. The van der Waals surface area contributed by atoms with E-state index in [-0.39, 0.29) is 11.7 Å². The SMILES string of the molecule is CC(C)c1ccc(/C=C/C(=O)NCCc2cn3cc(F)ccc3n2)cc1. The minimum Gasteiger partial charge on any atom is -0.352 e. The molecule has 0 atom stereocenters. The largest absolute Gasteiger partial charge is 0.352 e. The van der Waals surface area contributed by atoms with Gasteiger partial charge >= 0.3 is 0 Å². The molecule has 4 nitrogen and oxygen atoms in total. The zero-order valence-electron chi connectivity index (χ0n) is 14.9. The monoisotopic (exact) mass is 351 g/mol. The van der Waals surface area contributed by atoms with Gasteiger partial charge in [-0.15, -0.1) is 0 Å². The van der Waals surface area contributed by atoms with Crippen molar-refractivity contribution >= 4 is 17.6 Å². The van der Waals surface area contributed by atoms with Crippen LogP contribution in [0.3, 0.4) is 0 Å². The lowest BCUT2D eigenvalue weighted by Gasteiger charge is -2.04. The van der Waals surface area contributed by atoms with Crippen molar-refractivity contribution in [1.82, 2.24) is 14.7 Å². The van der Waals surface area contributed by atoms with Crippen LogP contribution in [-0.2, 0) is 11.2 Å². The number of benzene rings is 1. The fourth-order valence-electron chi connectivity index (χ4n) is 2.67. The van der Waals surface area contributed by atoms with E-state index < -0.39 is 0 Å². The van der Waals surface area contributed by atoms with Crippen LogP contribution in [0.15, 0.2) is 54.9 Å². The van der Waals surface area contributed by atoms with Crippen LogP contribution < -0.4 is 5.32 Å². The Hall–Kier alpha value is -2.95. The molecule has 1 aromatic carbocycles. The van der Waals surface area contributed by atoms with Gasteiger partial charge in [0.1, 0.15) is 11.5 Å². The van der Waals surface area contributed by atoms with E-state index in [0.717, 1.165) is 11.3 Å². The minimum absolute atomic E-state index is 0.146. The molecular weight excluding hydrogens is 329 g/mol. The summed E-state index contributed by atoms with van der Waals surface area (Å²) in [4.78, 5) is 16.3. The average Bonchev–Trinajstić information content (AvgIpc) is 3.02. The molecule has 0 fully saturated rings. The molecule has 26 heavy (non-hydrogen) atoms. The van der Waals surface area contributed by atoms with Crippen LogP contribution in [0.5, 0.6) is 0 Å². The Morgan fingerprint density at radius 1 is 1.19 bits per heavy atom. The number of fused-ring (bicyclic) bond motifs is 1. The number of carbonyl (C=O) groups is 1. The molecule has 0 aliphatic rings. The van der Waals surface area contributed by atoms with Crippen molar-refractivity contribution in [2.75, 3.05) is 6.54 Å².